The van der Waals surface area contributed by atoms with Crippen molar-refractivity contribution in [1.29, 1.82) is 0 Å². The molecule has 1 aromatic carbocycles. The van der Waals surface area contributed by atoms with Gasteiger partial charge in [-0.2, -0.15) is 0 Å². The molecule has 1 rings (SSSR count). The highest BCUT2D eigenvalue weighted by Crippen LogP contribution is 2.29. The monoisotopic (exact) mass is 267 g/mol. The first kappa shape index (κ1) is 10.9. The van der Waals surface area contributed by atoms with E-state index in [2.05, 4.69) is 15.9 Å². The number of benzene rings is 1. The highest BCUT2D eigenvalue weighted by molar-refractivity contribution is 9.10. The van der Waals surface area contributed by atoms with Crippen LogP contribution in [0.2, 0.25) is 5.02 Å². The summed E-state index contributed by atoms with van der Waals surface area (Å²) in [5.74, 6) is -0.586. The maximum atomic E-state index is 13.3. The van der Waals surface area contributed by atoms with Crippen molar-refractivity contribution in [3.63, 3.8) is 0 Å². The van der Waals surface area contributed by atoms with Gasteiger partial charge < -0.3 is 10.8 Å². The number of halogens is 3. The van der Waals surface area contributed by atoms with Crippen LogP contribution in [0.25, 0.3) is 0 Å². The second kappa shape index (κ2) is 4.37. The Morgan fingerprint density at radius 3 is 2.77 bits per heavy atom. The third kappa shape index (κ3) is 2.20. The number of nitrogens with two attached hydrogens (primary N) is 1. The summed E-state index contributed by atoms with van der Waals surface area (Å²) in [5.41, 5.74) is 5.69. The molecule has 0 aromatic heterocycles. The smallest absolute Gasteiger partial charge is 0.147 e. The van der Waals surface area contributed by atoms with Gasteiger partial charge in [0.1, 0.15) is 5.82 Å². The first-order valence-corrected chi connectivity index (χ1v) is 4.75. The molecule has 0 fully saturated rings. The number of rotatable bonds is 2. The quantitative estimate of drug-likeness (QED) is 0.808. The van der Waals surface area contributed by atoms with Gasteiger partial charge in [0.05, 0.1) is 17.7 Å². The summed E-state index contributed by atoms with van der Waals surface area (Å²) in [6.45, 7) is -0.324. The molecule has 0 aliphatic rings. The minimum atomic E-state index is -0.756. The minimum Gasteiger partial charge on any atom is -0.394 e. The van der Waals surface area contributed by atoms with Gasteiger partial charge in [-0.05, 0) is 12.1 Å². The van der Waals surface area contributed by atoms with Crippen LogP contribution in [-0.2, 0) is 0 Å². The van der Waals surface area contributed by atoms with Gasteiger partial charge in [0.15, 0.2) is 0 Å². The zero-order valence-corrected chi connectivity index (χ0v) is 8.94. The van der Waals surface area contributed by atoms with E-state index in [9.17, 15) is 4.39 Å². The SMILES string of the molecule is NC(CO)c1c(Br)ccc(Cl)c1F. The van der Waals surface area contributed by atoms with Gasteiger partial charge in [-0.1, -0.05) is 27.5 Å². The summed E-state index contributed by atoms with van der Waals surface area (Å²) in [4.78, 5) is 0. The molecule has 1 aromatic rings. The Bertz CT molecular complexity index is 321. The van der Waals surface area contributed by atoms with Crippen molar-refractivity contribution in [3.8, 4) is 0 Å². The highest BCUT2D eigenvalue weighted by Gasteiger charge is 2.16. The Balaban J connectivity index is 3.25. The van der Waals surface area contributed by atoms with E-state index in [0.29, 0.717) is 4.47 Å². The maximum Gasteiger partial charge on any atom is 0.147 e. The van der Waals surface area contributed by atoms with Gasteiger partial charge in [-0.3, -0.25) is 0 Å². The van der Waals surface area contributed by atoms with Crippen LogP contribution in [0.1, 0.15) is 11.6 Å². The lowest BCUT2D eigenvalue weighted by Crippen LogP contribution is -2.16. The molecule has 1 atom stereocenters. The van der Waals surface area contributed by atoms with Gasteiger partial charge >= 0.3 is 0 Å². The fourth-order valence-corrected chi connectivity index (χ4v) is 1.74. The molecule has 0 aliphatic carbocycles. The van der Waals surface area contributed by atoms with Crippen LogP contribution >= 0.6 is 27.5 Å². The molecule has 3 N–H and O–H groups in total. The molecule has 0 bridgehead atoms. The van der Waals surface area contributed by atoms with Crippen molar-refractivity contribution in [2.75, 3.05) is 6.61 Å². The van der Waals surface area contributed by atoms with E-state index >= 15 is 0 Å². The average Bonchev–Trinajstić information content (AvgIpc) is 2.12. The summed E-state index contributed by atoms with van der Waals surface area (Å²) in [6, 6.07) is 2.26. The van der Waals surface area contributed by atoms with Gasteiger partial charge in [-0.25, -0.2) is 4.39 Å². The van der Waals surface area contributed by atoms with E-state index in [0.717, 1.165) is 0 Å². The first-order valence-electron chi connectivity index (χ1n) is 3.57. The number of aliphatic hydroxyl groups excluding tert-OH is 1. The van der Waals surface area contributed by atoms with Gasteiger partial charge in [0, 0.05) is 10.0 Å². The van der Waals surface area contributed by atoms with Gasteiger partial charge in [0.2, 0.25) is 0 Å². The second-order valence-electron chi connectivity index (χ2n) is 2.55. The van der Waals surface area contributed by atoms with Gasteiger partial charge in [-0.15, -0.1) is 0 Å². The number of hydrogen-bond donors (Lipinski definition) is 2. The lowest BCUT2D eigenvalue weighted by atomic mass is 10.1. The van der Waals surface area contributed by atoms with Crippen LogP contribution in [0.4, 0.5) is 4.39 Å². The molecule has 0 saturated heterocycles. The minimum absolute atomic E-state index is 0.00194. The molecule has 0 saturated carbocycles. The largest absolute Gasteiger partial charge is 0.394 e. The predicted octanol–water partition coefficient (Wildman–Crippen LogP) is 2.23. The molecule has 0 radical (unpaired) electrons. The zero-order chi connectivity index (χ0) is 10.0. The van der Waals surface area contributed by atoms with Gasteiger partial charge in [0.25, 0.3) is 0 Å². The molecular weight excluding hydrogens is 260 g/mol. The lowest BCUT2D eigenvalue weighted by Gasteiger charge is -2.12. The second-order valence-corrected chi connectivity index (χ2v) is 3.81. The Labute approximate surface area is 88.6 Å². The Kier molecular flexibility index (Phi) is 3.67. The number of aliphatic hydroxyl groups is 1. The van der Waals surface area contributed by atoms with E-state index in [1.54, 1.807) is 6.07 Å². The lowest BCUT2D eigenvalue weighted by molar-refractivity contribution is 0.265. The normalized spacial score (nSPS) is 13.0. The molecule has 0 amide bonds. The van der Waals surface area contributed by atoms with Crippen molar-refractivity contribution < 1.29 is 9.50 Å². The molecule has 0 heterocycles. The topological polar surface area (TPSA) is 46.2 Å². The Morgan fingerprint density at radius 1 is 1.62 bits per heavy atom. The Morgan fingerprint density at radius 2 is 2.23 bits per heavy atom. The summed E-state index contributed by atoms with van der Waals surface area (Å²) in [5, 5.41) is 8.77. The highest BCUT2D eigenvalue weighted by atomic mass is 79.9. The molecule has 13 heavy (non-hydrogen) atoms. The van der Waals surface area contributed by atoms with E-state index in [4.69, 9.17) is 22.4 Å². The maximum absolute atomic E-state index is 13.3. The van der Waals surface area contributed by atoms with Crippen LogP contribution in [-0.4, -0.2) is 11.7 Å². The number of hydrogen-bond acceptors (Lipinski definition) is 2. The zero-order valence-electron chi connectivity index (χ0n) is 6.60. The van der Waals surface area contributed by atoms with E-state index in [1.807, 2.05) is 0 Å². The molecule has 0 aliphatic heterocycles. The fourth-order valence-electron chi connectivity index (χ4n) is 0.974. The molecule has 0 spiro atoms. The predicted molar refractivity (Wildman–Crippen MR) is 53.1 cm³/mol. The van der Waals surface area contributed by atoms with Crippen LogP contribution < -0.4 is 5.73 Å². The standard InChI is InChI=1S/C8H8BrClFNO/c9-4-1-2-5(10)8(11)7(4)6(12)3-13/h1-2,6,13H,3,12H2. The summed E-state index contributed by atoms with van der Waals surface area (Å²) in [6.07, 6.45) is 0. The first-order chi connectivity index (χ1) is 6.07. The molecule has 5 heteroatoms. The third-order valence-electron chi connectivity index (χ3n) is 1.65. The van der Waals surface area contributed by atoms with Crippen molar-refractivity contribution >= 4 is 27.5 Å². The van der Waals surface area contributed by atoms with Crippen LogP contribution in [0.15, 0.2) is 16.6 Å². The molecule has 72 valence electrons. The Hall–Kier alpha value is -0.160. The van der Waals surface area contributed by atoms with Crippen molar-refractivity contribution in [2.45, 2.75) is 6.04 Å². The fraction of sp³-hybridized carbons (Fsp3) is 0.250. The molecular formula is C8H8BrClFNO. The van der Waals surface area contributed by atoms with Crippen molar-refractivity contribution in [2.24, 2.45) is 5.73 Å². The van der Waals surface area contributed by atoms with E-state index < -0.39 is 11.9 Å². The summed E-state index contributed by atoms with van der Waals surface area (Å²) < 4.78 is 13.9. The van der Waals surface area contributed by atoms with E-state index in [1.165, 1.54) is 6.07 Å². The van der Waals surface area contributed by atoms with Crippen LogP contribution in [0, 0.1) is 5.82 Å². The van der Waals surface area contributed by atoms with E-state index in [-0.39, 0.29) is 17.2 Å². The molecule has 1 unspecified atom stereocenters. The van der Waals surface area contributed by atoms with Crippen molar-refractivity contribution in [3.05, 3.63) is 33.0 Å². The summed E-state index contributed by atoms with van der Waals surface area (Å²) >= 11 is 8.69. The average molecular weight is 269 g/mol. The van der Waals surface area contributed by atoms with Crippen LogP contribution in [0.3, 0.4) is 0 Å². The van der Waals surface area contributed by atoms with Crippen molar-refractivity contribution in [1.82, 2.24) is 0 Å². The van der Waals surface area contributed by atoms with Crippen LogP contribution in [0.5, 0.6) is 0 Å². The third-order valence-corrected chi connectivity index (χ3v) is 2.63. The molecule has 2 nitrogen and oxygen atoms in total. The summed E-state index contributed by atoms with van der Waals surface area (Å²) in [7, 11) is 0.